The fourth-order valence-electron chi connectivity index (χ4n) is 0.966. The lowest BCUT2D eigenvalue weighted by atomic mass is 10.4. The molecule has 6 heteroatoms. The molecule has 5 nitrogen and oxygen atoms in total. The molecule has 0 radical (unpaired) electrons. The molecule has 2 N–H and O–H groups in total. The maximum Gasteiger partial charge on any atom is 0.273 e. The number of halogens is 1. The topological polar surface area (TPSA) is 67.2 Å². The Morgan fingerprint density at radius 3 is 3.00 bits per heavy atom. The average Bonchev–Trinajstić information content (AvgIpc) is 2.56. The standard InChI is InChI=1S/C8H12ClN3O2/c1-2-12-5-6(9)7(11-12)8(14)10-3-4-13/h5,13H,2-4H2,1H3,(H,10,14). The van der Waals surface area contributed by atoms with Gasteiger partial charge in [-0.1, -0.05) is 11.6 Å². The van der Waals surface area contributed by atoms with E-state index in [4.69, 9.17) is 16.7 Å². The number of amides is 1. The van der Waals surface area contributed by atoms with E-state index < -0.39 is 0 Å². The van der Waals surface area contributed by atoms with E-state index in [9.17, 15) is 4.79 Å². The van der Waals surface area contributed by atoms with Gasteiger partial charge in [0.05, 0.1) is 11.6 Å². The van der Waals surface area contributed by atoms with Gasteiger partial charge in [0.2, 0.25) is 0 Å². The summed E-state index contributed by atoms with van der Waals surface area (Å²) in [6, 6.07) is 0. The molecule has 0 aliphatic carbocycles. The van der Waals surface area contributed by atoms with Crippen LogP contribution in [0.3, 0.4) is 0 Å². The molecule has 0 bridgehead atoms. The summed E-state index contributed by atoms with van der Waals surface area (Å²) in [5.41, 5.74) is 0.196. The lowest BCUT2D eigenvalue weighted by Crippen LogP contribution is -2.27. The Morgan fingerprint density at radius 1 is 1.79 bits per heavy atom. The van der Waals surface area contributed by atoms with Crippen molar-refractivity contribution in [3.05, 3.63) is 16.9 Å². The zero-order valence-corrected chi connectivity index (χ0v) is 8.58. The van der Waals surface area contributed by atoms with Crippen molar-refractivity contribution in [2.45, 2.75) is 13.5 Å². The van der Waals surface area contributed by atoms with Crippen LogP contribution in [0.25, 0.3) is 0 Å². The summed E-state index contributed by atoms with van der Waals surface area (Å²) in [6.45, 7) is 2.66. The quantitative estimate of drug-likeness (QED) is 0.761. The summed E-state index contributed by atoms with van der Waals surface area (Å²) in [4.78, 5) is 11.4. The van der Waals surface area contributed by atoms with E-state index >= 15 is 0 Å². The first kappa shape index (κ1) is 11.0. The third kappa shape index (κ3) is 2.46. The minimum atomic E-state index is -0.365. The SMILES string of the molecule is CCn1cc(Cl)c(C(=O)NCCO)n1. The summed E-state index contributed by atoms with van der Waals surface area (Å²) in [5.74, 6) is -0.365. The highest BCUT2D eigenvalue weighted by atomic mass is 35.5. The molecular formula is C8H12ClN3O2. The van der Waals surface area contributed by atoms with E-state index in [0.29, 0.717) is 11.6 Å². The minimum Gasteiger partial charge on any atom is -0.395 e. The first-order valence-corrected chi connectivity index (χ1v) is 4.68. The number of carbonyl (C=O) groups is 1. The highest BCUT2D eigenvalue weighted by Crippen LogP contribution is 2.13. The second-order valence-corrected chi connectivity index (χ2v) is 3.07. The summed E-state index contributed by atoms with van der Waals surface area (Å²) in [5, 5.41) is 15.3. The molecule has 0 aliphatic rings. The van der Waals surface area contributed by atoms with Gasteiger partial charge in [-0.05, 0) is 6.92 Å². The van der Waals surface area contributed by atoms with Crippen molar-refractivity contribution in [2.24, 2.45) is 0 Å². The van der Waals surface area contributed by atoms with Crippen LogP contribution in [0.5, 0.6) is 0 Å². The van der Waals surface area contributed by atoms with Crippen molar-refractivity contribution < 1.29 is 9.90 Å². The fraction of sp³-hybridized carbons (Fsp3) is 0.500. The zero-order valence-electron chi connectivity index (χ0n) is 7.83. The second kappa shape index (κ2) is 4.97. The van der Waals surface area contributed by atoms with Crippen LogP contribution >= 0.6 is 11.6 Å². The molecule has 0 fully saturated rings. The molecule has 1 aromatic heterocycles. The van der Waals surface area contributed by atoms with Crippen molar-refractivity contribution in [1.29, 1.82) is 0 Å². The molecule has 1 rings (SSSR count). The Morgan fingerprint density at radius 2 is 2.50 bits per heavy atom. The van der Waals surface area contributed by atoms with E-state index in [1.54, 1.807) is 10.9 Å². The maximum atomic E-state index is 11.4. The number of hydrogen-bond donors (Lipinski definition) is 2. The first-order valence-electron chi connectivity index (χ1n) is 4.31. The smallest absolute Gasteiger partial charge is 0.273 e. The van der Waals surface area contributed by atoms with Gasteiger partial charge in [-0.15, -0.1) is 0 Å². The zero-order chi connectivity index (χ0) is 10.6. The number of aryl methyl sites for hydroxylation is 1. The Kier molecular flexibility index (Phi) is 3.91. The molecule has 0 saturated heterocycles. The Labute approximate surface area is 86.7 Å². The third-order valence-electron chi connectivity index (χ3n) is 1.65. The van der Waals surface area contributed by atoms with Crippen molar-refractivity contribution in [1.82, 2.24) is 15.1 Å². The van der Waals surface area contributed by atoms with Gasteiger partial charge in [-0.25, -0.2) is 0 Å². The van der Waals surface area contributed by atoms with Crippen molar-refractivity contribution in [3.63, 3.8) is 0 Å². The summed E-state index contributed by atoms with van der Waals surface area (Å²) in [7, 11) is 0. The Balaban J connectivity index is 2.73. The number of aliphatic hydroxyl groups excluding tert-OH is 1. The van der Waals surface area contributed by atoms with Crippen LogP contribution in [-0.4, -0.2) is 33.9 Å². The normalized spacial score (nSPS) is 10.2. The maximum absolute atomic E-state index is 11.4. The van der Waals surface area contributed by atoms with E-state index in [0.717, 1.165) is 0 Å². The van der Waals surface area contributed by atoms with Gasteiger partial charge < -0.3 is 10.4 Å². The van der Waals surface area contributed by atoms with Crippen LogP contribution < -0.4 is 5.32 Å². The summed E-state index contributed by atoms with van der Waals surface area (Å²) < 4.78 is 1.58. The summed E-state index contributed by atoms with van der Waals surface area (Å²) >= 11 is 5.79. The van der Waals surface area contributed by atoms with Gasteiger partial charge in [0.15, 0.2) is 5.69 Å². The first-order chi connectivity index (χ1) is 6.69. The fourth-order valence-corrected chi connectivity index (χ4v) is 1.20. The van der Waals surface area contributed by atoms with Crippen LogP contribution in [0.2, 0.25) is 5.02 Å². The highest BCUT2D eigenvalue weighted by molar-refractivity contribution is 6.33. The van der Waals surface area contributed by atoms with Gasteiger partial charge >= 0.3 is 0 Å². The molecule has 0 aliphatic heterocycles. The van der Waals surface area contributed by atoms with E-state index in [1.165, 1.54) is 0 Å². The Hall–Kier alpha value is -1.07. The lowest BCUT2D eigenvalue weighted by molar-refractivity contribution is 0.0939. The van der Waals surface area contributed by atoms with Crippen LogP contribution in [0, 0.1) is 0 Å². The molecular weight excluding hydrogens is 206 g/mol. The number of aromatic nitrogens is 2. The number of carbonyl (C=O) groups excluding carboxylic acids is 1. The van der Waals surface area contributed by atoms with Gasteiger partial charge in [0.25, 0.3) is 5.91 Å². The monoisotopic (exact) mass is 217 g/mol. The van der Waals surface area contributed by atoms with E-state index in [1.807, 2.05) is 6.92 Å². The van der Waals surface area contributed by atoms with Crippen molar-refractivity contribution in [2.75, 3.05) is 13.2 Å². The summed E-state index contributed by atoms with van der Waals surface area (Å²) in [6.07, 6.45) is 1.59. The molecule has 0 aromatic carbocycles. The third-order valence-corrected chi connectivity index (χ3v) is 1.93. The minimum absolute atomic E-state index is 0.0994. The molecule has 0 atom stereocenters. The predicted octanol–water partition coefficient (Wildman–Crippen LogP) is 0.278. The largest absolute Gasteiger partial charge is 0.395 e. The highest BCUT2D eigenvalue weighted by Gasteiger charge is 2.14. The molecule has 14 heavy (non-hydrogen) atoms. The molecule has 0 spiro atoms. The van der Waals surface area contributed by atoms with Gasteiger partial charge in [-0.3, -0.25) is 9.48 Å². The molecule has 1 aromatic rings. The number of aliphatic hydroxyl groups is 1. The lowest BCUT2D eigenvalue weighted by Gasteiger charge is -1.99. The van der Waals surface area contributed by atoms with Crippen molar-refractivity contribution in [3.8, 4) is 0 Å². The van der Waals surface area contributed by atoms with Crippen LogP contribution in [0.4, 0.5) is 0 Å². The van der Waals surface area contributed by atoms with Crippen LogP contribution in [-0.2, 0) is 6.54 Å². The predicted molar refractivity (Wildman–Crippen MR) is 52.3 cm³/mol. The van der Waals surface area contributed by atoms with E-state index in [2.05, 4.69) is 10.4 Å². The average molecular weight is 218 g/mol. The number of rotatable bonds is 4. The van der Waals surface area contributed by atoms with Gasteiger partial charge in [0, 0.05) is 19.3 Å². The second-order valence-electron chi connectivity index (χ2n) is 2.66. The molecule has 78 valence electrons. The molecule has 0 saturated carbocycles. The number of nitrogens with zero attached hydrogens (tertiary/aromatic N) is 2. The van der Waals surface area contributed by atoms with Crippen LogP contribution in [0.15, 0.2) is 6.20 Å². The van der Waals surface area contributed by atoms with Crippen LogP contribution in [0.1, 0.15) is 17.4 Å². The van der Waals surface area contributed by atoms with Gasteiger partial charge in [0.1, 0.15) is 0 Å². The number of hydrogen-bond acceptors (Lipinski definition) is 3. The molecule has 0 unspecified atom stereocenters. The molecule has 1 amide bonds. The Bertz CT molecular complexity index is 324. The van der Waals surface area contributed by atoms with E-state index in [-0.39, 0.29) is 24.8 Å². The molecule has 1 heterocycles. The van der Waals surface area contributed by atoms with Gasteiger partial charge in [-0.2, -0.15) is 5.10 Å². The van der Waals surface area contributed by atoms with Crippen molar-refractivity contribution >= 4 is 17.5 Å². The number of nitrogens with one attached hydrogen (secondary N) is 1.